The largest absolute Gasteiger partial charge is 0.312 e. The smallest absolute Gasteiger partial charge is 0.0879 e. The van der Waals surface area contributed by atoms with E-state index in [4.69, 9.17) is 17.3 Å². The van der Waals surface area contributed by atoms with Crippen LogP contribution in [0.25, 0.3) is 0 Å². The highest BCUT2D eigenvalue weighted by atomic mass is 35.5. The monoisotopic (exact) mass is 131 g/mol. The summed E-state index contributed by atoms with van der Waals surface area (Å²) in [6.07, 6.45) is 3.22. The first-order chi connectivity index (χ1) is 3.83. The van der Waals surface area contributed by atoms with Crippen LogP contribution in [-0.2, 0) is 6.67 Å². The SMILES string of the molecule is NCn1cc(Cl)cn1. The summed E-state index contributed by atoms with van der Waals surface area (Å²) in [7, 11) is 0. The van der Waals surface area contributed by atoms with Crippen molar-refractivity contribution in [3.8, 4) is 0 Å². The summed E-state index contributed by atoms with van der Waals surface area (Å²) in [6.45, 7) is 0.382. The van der Waals surface area contributed by atoms with E-state index in [1.54, 1.807) is 17.1 Å². The predicted molar refractivity (Wildman–Crippen MR) is 31.4 cm³/mol. The van der Waals surface area contributed by atoms with E-state index >= 15 is 0 Å². The number of hydrogen-bond donors (Lipinski definition) is 1. The molecule has 4 heteroatoms. The molecule has 1 heterocycles. The first kappa shape index (κ1) is 5.59. The van der Waals surface area contributed by atoms with Crippen LogP contribution in [0.1, 0.15) is 0 Å². The van der Waals surface area contributed by atoms with E-state index in [1.807, 2.05) is 0 Å². The third-order valence-electron chi connectivity index (χ3n) is 0.789. The van der Waals surface area contributed by atoms with Crippen LogP contribution in [0.2, 0.25) is 5.02 Å². The summed E-state index contributed by atoms with van der Waals surface area (Å²) in [5.41, 5.74) is 5.20. The maximum absolute atomic E-state index is 5.50. The zero-order valence-corrected chi connectivity index (χ0v) is 4.97. The molecule has 2 N–H and O–H groups in total. The van der Waals surface area contributed by atoms with E-state index in [0.29, 0.717) is 11.7 Å². The van der Waals surface area contributed by atoms with E-state index in [1.165, 1.54) is 0 Å². The number of halogens is 1. The van der Waals surface area contributed by atoms with Crippen LogP contribution in [0.5, 0.6) is 0 Å². The van der Waals surface area contributed by atoms with Gasteiger partial charge in [0, 0.05) is 6.20 Å². The molecular weight excluding hydrogens is 126 g/mol. The van der Waals surface area contributed by atoms with Crippen molar-refractivity contribution in [1.29, 1.82) is 0 Å². The van der Waals surface area contributed by atoms with Gasteiger partial charge in [0.25, 0.3) is 0 Å². The summed E-state index contributed by atoms with van der Waals surface area (Å²) < 4.78 is 1.56. The second-order valence-electron chi connectivity index (χ2n) is 1.38. The summed E-state index contributed by atoms with van der Waals surface area (Å²) in [6, 6.07) is 0. The Kier molecular flexibility index (Phi) is 1.50. The molecule has 0 radical (unpaired) electrons. The van der Waals surface area contributed by atoms with Crippen LogP contribution in [0.4, 0.5) is 0 Å². The summed E-state index contributed by atoms with van der Waals surface area (Å²) in [5, 5.41) is 4.41. The maximum atomic E-state index is 5.50. The van der Waals surface area contributed by atoms with Crippen LogP contribution in [-0.4, -0.2) is 9.78 Å². The van der Waals surface area contributed by atoms with Gasteiger partial charge in [-0.25, -0.2) is 0 Å². The highest BCUT2D eigenvalue weighted by Crippen LogP contribution is 2.02. The van der Waals surface area contributed by atoms with Gasteiger partial charge in [-0.3, -0.25) is 4.68 Å². The lowest BCUT2D eigenvalue weighted by Crippen LogP contribution is -2.06. The second-order valence-corrected chi connectivity index (χ2v) is 1.82. The van der Waals surface area contributed by atoms with E-state index in [9.17, 15) is 0 Å². The molecule has 0 aliphatic carbocycles. The molecule has 1 aromatic rings. The van der Waals surface area contributed by atoms with Gasteiger partial charge in [0.1, 0.15) is 0 Å². The first-order valence-electron chi connectivity index (χ1n) is 2.21. The number of aromatic nitrogens is 2. The van der Waals surface area contributed by atoms with E-state index < -0.39 is 0 Å². The Hall–Kier alpha value is -0.540. The predicted octanol–water partition coefficient (Wildman–Crippen LogP) is 0.453. The summed E-state index contributed by atoms with van der Waals surface area (Å²) in [5.74, 6) is 0. The molecule has 1 aromatic heterocycles. The van der Waals surface area contributed by atoms with Crippen molar-refractivity contribution >= 4 is 11.6 Å². The Morgan fingerprint density at radius 3 is 2.88 bits per heavy atom. The van der Waals surface area contributed by atoms with Gasteiger partial charge in [-0.1, -0.05) is 11.6 Å². The highest BCUT2D eigenvalue weighted by molar-refractivity contribution is 6.30. The first-order valence-corrected chi connectivity index (χ1v) is 2.59. The van der Waals surface area contributed by atoms with Gasteiger partial charge >= 0.3 is 0 Å². The van der Waals surface area contributed by atoms with Crippen LogP contribution in [0.3, 0.4) is 0 Å². The maximum Gasteiger partial charge on any atom is 0.0879 e. The van der Waals surface area contributed by atoms with Gasteiger partial charge in [-0.2, -0.15) is 5.10 Å². The molecule has 0 atom stereocenters. The van der Waals surface area contributed by atoms with Crippen LogP contribution < -0.4 is 5.73 Å². The topological polar surface area (TPSA) is 43.8 Å². The Labute approximate surface area is 52.0 Å². The number of hydrogen-bond acceptors (Lipinski definition) is 2. The fourth-order valence-electron chi connectivity index (χ4n) is 0.438. The molecule has 3 nitrogen and oxygen atoms in total. The molecular formula is C4H6ClN3. The Balaban J connectivity index is 2.84. The molecule has 0 aromatic carbocycles. The molecule has 0 aliphatic rings. The molecule has 0 bridgehead atoms. The molecule has 0 aliphatic heterocycles. The molecule has 8 heavy (non-hydrogen) atoms. The minimum absolute atomic E-state index is 0.382. The van der Waals surface area contributed by atoms with E-state index in [-0.39, 0.29) is 0 Å². The molecule has 0 fully saturated rings. The highest BCUT2D eigenvalue weighted by Gasteiger charge is 1.88. The molecule has 0 amide bonds. The zero-order valence-electron chi connectivity index (χ0n) is 4.21. The quantitative estimate of drug-likeness (QED) is 0.602. The molecule has 0 unspecified atom stereocenters. The lowest BCUT2D eigenvalue weighted by molar-refractivity contribution is 0.638. The summed E-state index contributed by atoms with van der Waals surface area (Å²) >= 11 is 5.50. The van der Waals surface area contributed by atoms with Gasteiger partial charge in [0.15, 0.2) is 0 Å². The molecule has 1 rings (SSSR count). The number of rotatable bonds is 1. The van der Waals surface area contributed by atoms with Crippen LogP contribution >= 0.6 is 11.6 Å². The minimum Gasteiger partial charge on any atom is -0.312 e. The minimum atomic E-state index is 0.382. The van der Waals surface area contributed by atoms with Gasteiger partial charge in [0.2, 0.25) is 0 Å². The average Bonchev–Trinajstić information content (AvgIpc) is 2.14. The van der Waals surface area contributed by atoms with E-state index in [2.05, 4.69) is 5.10 Å². The van der Waals surface area contributed by atoms with Crippen molar-refractivity contribution in [1.82, 2.24) is 9.78 Å². The Morgan fingerprint density at radius 1 is 1.88 bits per heavy atom. The lowest BCUT2D eigenvalue weighted by atomic mass is 10.7. The molecule has 44 valence electrons. The Morgan fingerprint density at radius 2 is 2.62 bits per heavy atom. The number of nitrogens with two attached hydrogens (primary N) is 1. The van der Waals surface area contributed by atoms with Gasteiger partial charge < -0.3 is 5.73 Å². The van der Waals surface area contributed by atoms with Crippen molar-refractivity contribution in [3.63, 3.8) is 0 Å². The van der Waals surface area contributed by atoms with Crippen molar-refractivity contribution in [2.75, 3.05) is 0 Å². The third kappa shape index (κ3) is 0.993. The standard InChI is InChI=1S/C4H6ClN3/c5-4-1-7-8(2-4)3-6/h1-2H,3,6H2. The zero-order chi connectivity index (χ0) is 5.98. The Bertz CT molecular complexity index is 172. The fraction of sp³-hybridized carbons (Fsp3) is 0.250. The van der Waals surface area contributed by atoms with Crippen molar-refractivity contribution in [2.24, 2.45) is 5.73 Å². The van der Waals surface area contributed by atoms with Gasteiger partial charge in [-0.15, -0.1) is 0 Å². The molecule has 0 saturated carbocycles. The second kappa shape index (κ2) is 2.15. The fourth-order valence-corrected chi connectivity index (χ4v) is 0.594. The van der Waals surface area contributed by atoms with Gasteiger partial charge in [-0.05, 0) is 0 Å². The lowest BCUT2D eigenvalue weighted by Gasteiger charge is -1.88. The van der Waals surface area contributed by atoms with Crippen LogP contribution in [0.15, 0.2) is 12.4 Å². The normalized spacial score (nSPS) is 9.75. The average molecular weight is 132 g/mol. The van der Waals surface area contributed by atoms with Crippen molar-refractivity contribution < 1.29 is 0 Å². The van der Waals surface area contributed by atoms with Crippen LogP contribution in [0, 0.1) is 0 Å². The van der Waals surface area contributed by atoms with Crippen molar-refractivity contribution in [3.05, 3.63) is 17.4 Å². The molecule has 0 saturated heterocycles. The van der Waals surface area contributed by atoms with Gasteiger partial charge in [0.05, 0.1) is 17.9 Å². The van der Waals surface area contributed by atoms with E-state index in [0.717, 1.165) is 0 Å². The summed E-state index contributed by atoms with van der Waals surface area (Å²) in [4.78, 5) is 0. The molecule has 0 spiro atoms. The number of nitrogens with zero attached hydrogens (tertiary/aromatic N) is 2. The van der Waals surface area contributed by atoms with Crippen molar-refractivity contribution in [2.45, 2.75) is 6.67 Å². The third-order valence-corrected chi connectivity index (χ3v) is 0.984.